The Hall–Kier alpha value is -1.35. The highest BCUT2D eigenvalue weighted by molar-refractivity contribution is 5.86. The largest absolute Gasteiger partial charge is 0.333 e. The molecule has 98 valence electrons. The average Bonchev–Trinajstić information content (AvgIpc) is 2.33. The number of hydrogen-bond acceptors (Lipinski definition) is 2. The number of hydrogen-bond donors (Lipinski definition) is 1. The van der Waals surface area contributed by atoms with E-state index in [2.05, 4.69) is 31.3 Å². The van der Waals surface area contributed by atoms with Crippen molar-refractivity contribution in [1.29, 1.82) is 0 Å². The summed E-state index contributed by atoms with van der Waals surface area (Å²) in [5.74, 6) is 0.178. The van der Waals surface area contributed by atoms with Crippen molar-refractivity contribution in [3.63, 3.8) is 0 Å². The third-order valence-corrected chi connectivity index (χ3v) is 3.62. The Morgan fingerprint density at radius 1 is 1.33 bits per heavy atom. The van der Waals surface area contributed by atoms with E-state index in [0.717, 1.165) is 6.54 Å². The number of carbonyl (C=O) groups excluding carboxylic acids is 1. The van der Waals surface area contributed by atoms with Crippen LogP contribution < -0.4 is 5.32 Å². The van der Waals surface area contributed by atoms with Crippen LogP contribution in [-0.4, -0.2) is 28.9 Å². The van der Waals surface area contributed by atoms with Crippen LogP contribution in [0.25, 0.3) is 0 Å². The van der Waals surface area contributed by atoms with Gasteiger partial charge in [0.25, 0.3) is 0 Å². The molecule has 0 bridgehead atoms. The first-order chi connectivity index (χ1) is 8.42. The highest BCUT2D eigenvalue weighted by atomic mass is 16.2. The Morgan fingerprint density at radius 3 is 2.56 bits per heavy atom. The molecule has 0 radical (unpaired) electrons. The average molecular weight is 246 g/mol. The molecule has 1 N–H and O–H groups in total. The summed E-state index contributed by atoms with van der Waals surface area (Å²) < 4.78 is 0. The SMILES string of the molecule is CC1CN(C(C)c2ccccc2)C(=O)C(C)(C)N1. The first-order valence-electron chi connectivity index (χ1n) is 6.55. The van der Waals surface area contributed by atoms with Crippen molar-refractivity contribution >= 4 is 5.91 Å². The van der Waals surface area contributed by atoms with E-state index in [1.807, 2.05) is 36.9 Å². The van der Waals surface area contributed by atoms with E-state index in [0.29, 0.717) is 6.04 Å². The van der Waals surface area contributed by atoms with Crippen molar-refractivity contribution in [3.05, 3.63) is 35.9 Å². The molecule has 0 aromatic heterocycles. The van der Waals surface area contributed by atoms with Gasteiger partial charge >= 0.3 is 0 Å². The van der Waals surface area contributed by atoms with Gasteiger partial charge in [-0.25, -0.2) is 0 Å². The molecule has 0 saturated carbocycles. The maximum atomic E-state index is 12.5. The third-order valence-electron chi connectivity index (χ3n) is 3.62. The Labute approximate surface area is 109 Å². The van der Waals surface area contributed by atoms with Gasteiger partial charge in [0.1, 0.15) is 0 Å². The highest BCUT2D eigenvalue weighted by Crippen LogP contribution is 2.26. The molecule has 1 saturated heterocycles. The van der Waals surface area contributed by atoms with Gasteiger partial charge < -0.3 is 4.90 Å². The minimum Gasteiger partial charge on any atom is -0.333 e. The number of nitrogens with zero attached hydrogens (tertiary/aromatic N) is 1. The second kappa shape index (κ2) is 4.73. The van der Waals surface area contributed by atoms with Crippen LogP contribution in [0.4, 0.5) is 0 Å². The summed E-state index contributed by atoms with van der Waals surface area (Å²) in [6, 6.07) is 10.7. The first-order valence-corrected chi connectivity index (χ1v) is 6.55. The lowest BCUT2D eigenvalue weighted by Crippen LogP contribution is -2.64. The minimum absolute atomic E-state index is 0.127. The number of amides is 1. The van der Waals surface area contributed by atoms with Gasteiger partial charge in [-0.3, -0.25) is 10.1 Å². The summed E-state index contributed by atoms with van der Waals surface area (Å²) in [6.45, 7) is 8.89. The minimum atomic E-state index is -0.472. The van der Waals surface area contributed by atoms with E-state index in [-0.39, 0.29) is 11.9 Å². The van der Waals surface area contributed by atoms with E-state index in [1.165, 1.54) is 5.56 Å². The van der Waals surface area contributed by atoms with E-state index < -0.39 is 5.54 Å². The van der Waals surface area contributed by atoms with Crippen molar-refractivity contribution < 1.29 is 4.79 Å². The third kappa shape index (κ3) is 2.41. The zero-order chi connectivity index (χ0) is 13.3. The number of piperazine rings is 1. The van der Waals surface area contributed by atoms with Crippen LogP contribution in [0, 0.1) is 0 Å². The van der Waals surface area contributed by atoms with Crippen LogP contribution in [0.15, 0.2) is 30.3 Å². The molecular formula is C15H22N2O. The van der Waals surface area contributed by atoms with Crippen LogP contribution in [0.2, 0.25) is 0 Å². The normalized spacial score (nSPS) is 25.0. The fourth-order valence-electron chi connectivity index (χ4n) is 2.71. The molecule has 1 aromatic carbocycles. The lowest BCUT2D eigenvalue weighted by molar-refractivity contribution is -0.143. The molecule has 1 amide bonds. The second-order valence-corrected chi connectivity index (χ2v) is 5.71. The van der Waals surface area contributed by atoms with E-state index in [4.69, 9.17) is 0 Å². The zero-order valence-electron chi connectivity index (χ0n) is 11.6. The molecule has 1 aliphatic rings. The van der Waals surface area contributed by atoms with Crippen LogP contribution in [0.5, 0.6) is 0 Å². The smallest absolute Gasteiger partial charge is 0.242 e. The standard InChI is InChI=1S/C15H22N2O/c1-11-10-17(14(18)15(3,4)16-11)12(2)13-8-6-5-7-9-13/h5-9,11-12,16H,10H2,1-4H3. The fourth-order valence-corrected chi connectivity index (χ4v) is 2.71. The van der Waals surface area contributed by atoms with Gasteiger partial charge in [0, 0.05) is 12.6 Å². The van der Waals surface area contributed by atoms with Crippen molar-refractivity contribution in [1.82, 2.24) is 10.2 Å². The predicted octanol–water partition coefficient (Wildman–Crippen LogP) is 2.35. The van der Waals surface area contributed by atoms with Crippen LogP contribution in [0.1, 0.15) is 39.3 Å². The maximum Gasteiger partial charge on any atom is 0.242 e. The number of benzene rings is 1. The van der Waals surface area contributed by atoms with Gasteiger partial charge in [-0.05, 0) is 33.3 Å². The van der Waals surface area contributed by atoms with E-state index >= 15 is 0 Å². The Balaban J connectivity index is 2.24. The lowest BCUT2D eigenvalue weighted by atomic mass is 9.95. The van der Waals surface area contributed by atoms with Crippen molar-refractivity contribution in [2.75, 3.05) is 6.54 Å². The molecule has 18 heavy (non-hydrogen) atoms. The van der Waals surface area contributed by atoms with Crippen LogP contribution >= 0.6 is 0 Å². The molecule has 1 aliphatic heterocycles. The van der Waals surface area contributed by atoms with Gasteiger partial charge in [0.05, 0.1) is 11.6 Å². The number of rotatable bonds is 2. The quantitative estimate of drug-likeness (QED) is 0.868. The van der Waals surface area contributed by atoms with Crippen molar-refractivity contribution in [2.45, 2.75) is 45.3 Å². The Morgan fingerprint density at radius 2 is 1.94 bits per heavy atom. The monoisotopic (exact) mass is 246 g/mol. The molecule has 1 aromatic rings. The summed E-state index contributed by atoms with van der Waals surface area (Å²) in [5.41, 5.74) is 0.719. The van der Waals surface area contributed by atoms with Gasteiger partial charge in [0.2, 0.25) is 5.91 Å². The number of carbonyl (C=O) groups is 1. The molecule has 2 rings (SSSR count). The van der Waals surface area contributed by atoms with Gasteiger partial charge in [0.15, 0.2) is 0 Å². The highest BCUT2D eigenvalue weighted by Gasteiger charge is 2.40. The molecule has 0 spiro atoms. The summed E-state index contributed by atoms with van der Waals surface area (Å²) >= 11 is 0. The Kier molecular flexibility index (Phi) is 3.44. The second-order valence-electron chi connectivity index (χ2n) is 5.71. The molecular weight excluding hydrogens is 224 g/mol. The van der Waals surface area contributed by atoms with Crippen LogP contribution in [-0.2, 0) is 4.79 Å². The molecule has 1 heterocycles. The van der Waals surface area contributed by atoms with Gasteiger partial charge in [-0.1, -0.05) is 30.3 Å². The zero-order valence-corrected chi connectivity index (χ0v) is 11.6. The van der Waals surface area contributed by atoms with E-state index in [9.17, 15) is 4.79 Å². The van der Waals surface area contributed by atoms with Crippen molar-refractivity contribution in [2.24, 2.45) is 0 Å². The summed E-state index contributed by atoms with van der Waals surface area (Å²) in [6.07, 6.45) is 0. The molecule has 3 nitrogen and oxygen atoms in total. The fraction of sp³-hybridized carbons (Fsp3) is 0.533. The molecule has 3 heteroatoms. The van der Waals surface area contributed by atoms with Crippen molar-refractivity contribution in [3.8, 4) is 0 Å². The summed E-state index contributed by atoms with van der Waals surface area (Å²) in [4.78, 5) is 14.5. The predicted molar refractivity (Wildman–Crippen MR) is 73.2 cm³/mol. The number of nitrogens with one attached hydrogen (secondary N) is 1. The summed E-state index contributed by atoms with van der Waals surface area (Å²) in [7, 11) is 0. The van der Waals surface area contributed by atoms with E-state index in [1.54, 1.807) is 0 Å². The Bertz CT molecular complexity index is 427. The van der Waals surface area contributed by atoms with Gasteiger partial charge in [-0.2, -0.15) is 0 Å². The molecule has 2 atom stereocenters. The van der Waals surface area contributed by atoms with Gasteiger partial charge in [-0.15, -0.1) is 0 Å². The maximum absolute atomic E-state index is 12.5. The first kappa shape index (κ1) is 13.1. The molecule has 2 unspecified atom stereocenters. The summed E-state index contributed by atoms with van der Waals surface area (Å²) in [5, 5.41) is 3.35. The lowest BCUT2D eigenvalue weighted by Gasteiger charge is -2.44. The topological polar surface area (TPSA) is 32.3 Å². The van der Waals surface area contributed by atoms with Crippen LogP contribution in [0.3, 0.4) is 0 Å². The molecule has 0 aliphatic carbocycles. The molecule has 1 fully saturated rings.